The van der Waals surface area contributed by atoms with Crippen molar-refractivity contribution in [3.05, 3.63) is 183 Å². The Labute approximate surface area is 492 Å². The molecule has 0 aliphatic carbocycles. The van der Waals surface area contributed by atoms with Crippen LogP contribution in [0, 0.1) is 5.92 Å². The van der Waals surface area contributed by atoms with E-state index in [2.05, 4.69) is 20.9 Å². The molecule has 0 unspecified atom stereocenters. The van der Waals surface area contributed by atoms with Gasteiger partial charge in [0, 0.05) is 52.7 Å². The quantitative estimate of drug-likeness (QED) is 0.0213. The summed E-state index contributed by atoms with van der Waals surface area (Å²) >= 11 is 12.7. The van der Waals surface area contributed by atoms with Crippen LogP contribution in [0.1, 0.15) is 108 Å². The summed E-state index contributed by atoms with van der Waals surface area (Å²) in [7, 11) is 1.49. The summed E-state index contributed by atoms with van der Waals surface area (Å²) < 4.78 is 12.3. The molecule has 6 aromatic carbocycles. The van der Waals surface area contributed by atoms with Crippen LogP contribution in [0.5, 0.6) is 28.7 Å². The summed E-state index contributed by atoms with van der Waals surface area (Å²) in [5.74, 6) is -4.89. The number of benzene rings is 6. The molecule has 436 valence electrons. The molecule has 84 heavy (non-hydrogen) atoms. The van der Waals surface area contributed by atoms with Gasteiger partial charge in [-0.2, -0.15) is 0 Å². The normalized spacial score (nSPS) is 13.0. The average Bonchev–Trinajstić information content (AvgIpc) is 2.16. The second-order valence-electron chi connectivity index (χ2n) is 20.2. The topological polar surface area (TPSA) is 296 Å². The number of aliphatic carboxylic acids is 2. The predicted molar refractivity (Wildman–Crippen MR) is 315 cm³/mol. The van der Waals surface area contributed by atoms with E-state index in [0.29, 0.717) is 24.2 Å². The number of para-hydroxylation sites is 2. The van der Waals surface area contributed by atoms with Crippen LogP contribution >= 0.6 is 23.2 Å². The molecule has 8 aromatic rings. The number of hydrogen-bond donors (Lipinski definition) is 9. The highest BCUT2D eigenvalue weighted by Gasteiger charge is 2.31. The fraction of sp³-hybridized carbons (Fsp3) is 0.254. The fourth-order valence-electron chi connectivity index (χ4n) is 9.99. The highest BCUT2D eigenvalue weighted by atomic mass is 35.5. The van der Waals surface area contributed by atoms with E-state index in [1.807, 2.05) is 48.5 Å². The number of hydrogen-bond acceptors (Lipinski definition) is 13. The molecule has 1 saturated heterocycles. The molecule has 21 heteroatoms. The molecule has 2 amide bonds. The maximum Gasteiger partial charge on any atom is 0.326 e. The first-order valence-corrected chi connectivity index (χ1v) is 27.8. The van der Waals surface area contributed by atoms with Crippen LogP contribution in [0.4, 0.5) is 0 Å². The molecule has 0 bridgehead atoms. The van der Waals surface area contributed by atoms with Gasteiger partial charge < -0.3 is 55.9 Å². The Morgan fingerprint density at radius 3 is 2.02 bits per heavy atom. The fourth-order valence-corrected chi connectivity index (χ4v) is 10.7. The zero-order valence-electron chi connectivity index (χ0n) is 45.5. The molecule has 0 radical (unpaired) electrons. The molecule has 19 nitrogen and oxygen atoms in total. The molecule has 0 spiro atoms. The number of carboxylic acids is 2. The summed E-state index contributed by atoms with van der Waals surface area (Å²) in [5.41, 5.74) is 2.22. The second kappa shape index (κ2) is 28.2. The van der Waals surface area contributed by atoms with Crippen molar-refractivity contribution in [2.75, 3.05) is 26.8 Å². The number of halogens is 2. The number of phenolic OH excluding ortho intramolecular Hbond substituents is 3. The molecule has 2 aromatic heterocycles. The van der Waals surface area contributed by atoms with Crippen LogP contribution in [0.25, 0.3) is 21.8 Å². The van der Waals surface area contributed by atoms with E-state index in [-0.39, 0.29) is 68.0 Å². The third kappa shape index (κ3) is 15.5. The van der Waals surface area contributed by atoms with Gasteiger partial charge in [-0.1, -0.05) is 84.2 Å². The van der Waals surface area contributed by atoms with Crippen molar-refractivity contribution in [2.45, 2.75) is 69.9 Å². The van der Waals surface area contributed by atoms with Crippen molar-refractivity contribution in [1.29, 1.82) is 0 Å². The third-order valence-corrected chi connectivity index (χ3v) is 14.9. The van der Waals surface area contributed by atoms with Crippen LogP contribution < -0.4 is 25.4 Å². The van der Waals surface area contributed by atoms with Crippen LogP contribution in [0.2, 0.25) is 10.0 Å². The number of fused-ring (bicyclic) bond motifs is 2. The van der Waals surface area contributed by atoms with E-state index in [1.54, 1.807) is 36.4 Å². The van der Waals surface area contributed by atoms with Crippen LogP contribution in [-0.2, 0) is 22.4 Å². The largest absolute Gasteiger partial charge is 0.508 e. The lowest BCUT2D eigenvalue weighted by Crippen LogP contribution is -2.43. The van der Waals surface area contributed by atoms with Gasteiger partial charge in [0.05, 0.1) is 34.8 Å². The molecule has 3 heterocycles. The number of aromatic hydroxyl groups is 3. The Morgan fingerprint density at radius 1 is 0.679 bits per heavy atom. The van der Waals surface area contributed by atoms with Gasteiger partial charge in [-0.25, -0.2) is 9.59 Å². The predicted octanol–water partition coefficient (Wildman–Crippen LogP) is 10.2. The maximum absolute atomic E-state index is 13.5. The van der Waals surface area contributed by atoms with Gasteiger partial charge >= 0.3 is 11.9 Å². The summed E-state index contributed by atoms with van der Waals surface area (Å²) in [6.07, 6.45) is 5.76. The molecule has 9 rings (SSSR count). The molecule has 9 N–H and O–H groups in total. The van der Waals surface area contributed by atoms with E-state index >= 15 is 0 Å². The lowest BCUT2D eigenvalue weighted by Gasteiger charge is -2.22. The Kier molecular flexibility index (Phi) is 20.5. The van der Waals surface area contributed by atoms with E-state index in [9.17, 15) is 59.1 Å². The first kappa shape index (κ1) is 60.9. The van der Waals surface area contributed by atoms with Gasteiger partial charge in [0.1, 0.15) is 46.5 Å². The number of carboxylic acid groups (broad SMARTS) is 2. The van der Waals surface area contributed by atoms with Crippen molar-refractivity contribution >= 4 is 86.2 Å². The number of methoxy groups -OCH3 is 1. The van der Waals surface area contributed by atoms with Gasteiger partial charge in [-0.05, 0) is 135 Å². The zero-order chi connectivity index (χ0) is 60.0. The molecule has 2 atom stereocenters. The molecule has 1 aliphatic heterocycles. The number of phenols is 3. The number of piperidine rings is 1. The highest BCUT2D eigenvalue weighted by molar-refractivity contribution is 6.40. The monoisotopic (exact) mass is 1180 g/mol. The minimum atomic E-state index is -1.79. The van der Waals surface area contributed by atoms with Gasteiger partial charge in [0.25, 0.3) is 17.7 Å². The molecular formula is C63H61Cl2N5O14. The van der Waals surface area contributed by atoms with Gasteiger partial charge in [-0.3, -0.25) is 28.5 Å². The average molecular weight is 1180 g/mol. The van der Waals surface area contributed by atoms with Crippen molar-refractivity contribution in [1.82, 2.24) is 25.5 Å². The van der Waals surface area contributed by atoms with E-state index < -0.39 is 65.4 Å². The Morgan fingerprint density at radius 2 is 1.35 bits per heavy atom. The third-order valence-electron chi connectivity index (χ3n) is 14.3. The number of amides is 2. The summed E-state index contributed by atoms with van der Waals surface area (Å²) in [6, 6.07) is 31.9. The van der Waals surface area contributed by atoms with Crippen LogP contribution in [0.3, 0.4) is 0 Å². The minimum absolute atomic E-state index is 0.0579. The van der Waals surface area contributed by atoms with Crippen molar-refractivity contribution < 1.29 is 68.6 Å². The lowest BCUT2D eigenvalue weighted by atomic mass is 9.93. The SMILES string of the molecule is COc1c(C(=O)N[C@@H](Cc2ccc(OCCCCC3CCNCC3)cc2)C(=O)O)[nH]c2ccccc12.O=C(CCc1cccc(O)c1)c1cc(Cl)c(C(=O)C[C@H](NC(=O)c2cc3ccccc3n2C(=O)c2cc(O)cc(O)c2)C(=O)O)c(Cl)c1. The number of aromatic nitrogens is 2. The Balaban J connectivity index is 0.000000228. The van der Waals surface area contributed by atoms with E-state index in [1.165, 1.54) is 63.1 Å². The number of carbonyl (C=O) groups is 7. The molecular weight excluding hydrogens is 1120 g/mol. The standard InChI is InChI=1S/C35H26Cl2N2O9.C28H35N3O5/c36-25-13-20(30(43)9-8-18-4-3-6-22(40)10-18)14-26(37)32(25)31(44)17-27(35(47)48)38-33(45)29-15-19-5-1-2-7-28(19)39(29)34(46)21-11-23(41)16-24(42)12-21;1-35-26-22-7-2-3-8-23(22)30-25(26)27(32)31-24(28(33)34)18-20-9-11-21(12-10-20)36-17-5-4-6-19-13-15-29-16-14-19/h1-7,10-16,27,40-42H,8-9,17H2,(H,38,45)(H,47,48);2-3,7-12,19,24,29-30H,4-6,13-18H2,1H3,(H,31,32)(H,33,34)/t27-;24-/m00/s1. The van der Waals surface area contributed by atoms with Gasteiger partial charge in [-0.15, -0.1) is 0 Å². The van der Waals surface area contributed by atoms with E-state index in [4.69, 9.17) is 32.7 Å². The number of carbonyl (C=O) groups excluding carboxylic acids is 5. The van der Waals surface area contributed by atoms with Gasteiger partial charge in [0.2, 0.25) is 0 Å². The van der Waals surface area contributed by atoms with Crippen LogP contribution in [0.15, 0.2) is 133 Å². The van der Waals surface area contributed by atoms with Crippen molar-refractivity contribution in [3.63, 3.8) is 0 Å². The minimum Gasteiger partial charge on any atom is -0.508 e. The maximum atomic E-state index is 13.5. The molecule has 0 saturated carbocycles. The Hall–Kier alpha value is -9.17. The van der Waals surface area contributed by atoms with Gasteiger partial charge in [0.15, 0.2) is 17.3 Å². The lowest BCUT2D eigenvalue weighted by molar-refractivity contribution is -0.140. The number of rotatable bonds is 23. The highest BCUT2D eigenvalue weighted by Crippen LogP contribution is 2.32. The number of unbranched alkanes of at least 4 members (excludes halogenated alkanes) is 1. The van der Waals surface area contributed by atoms with E-state index in [0.717, 1.165) is 76.0 Å². The summed E-state index contributed by atoms with van der Waals surface area (Å²) in [5, 5.41) is 58.2. The molecule has 1 aliphatic rings. The number of aromatic amines is 1. The summed E-state index contributed by atoms with van der Waals surface area (Å²) in [4.78, 5) is 93.3. The number of aryl methyl sites for hydroxylation is 1. The summed E-state index contributed by atoms with van der Waals surface area (Å²) in [6.45, 7) is 2.94. The van der Waals surface area contributed by atoms with Crippen molar-refractivity contribution in [2.24, 2.45) is 5.92 Å². The number of ketones is 2. The number of nitrogens with zero attached hydrogens (tertiary/aromatic N) is 1. The molecule has 1 fully saturated rings. The first-order valence-electron chi connectivity index (χ1n) is 27.0. The zero-order valence-corrected chi connectivity index (χ0v) is 47.0. The number of ether oxygens (including phenoxy) is 2. The van der Waals surface area contributed by atoms with Crippen LogP contribution in [-0.4, -0.2) is 115 Å². The number of H-pyrrole nitrogens is 1. The smallest absolute Gasteiger partial charge is 0.326 e. The first-order chi connectivity index (χ1) is 40.4. The number of nitrogens with one attached hydrogen (secondary N) is 4. The Bertz CT molecular complexity index is 3700. The number of Topliss-reactive ketones (excluding diaryl/α,β-unsaturated/α-hetero) is 2. The van der Waals surface area contributed by atoms with Crippen molar-refractivity contribution in [3.8, 4) is 28.7 Å². The second-order valence-corrected chi connectivity index (χ2v) is 21.0.